The summed E-state index contributed by atoms with van der Waals surface area (Å²) < 4.78 is 5.33. The molecule has 0 heterocycles. The Morgan fingerprint density at radius 1 is 1.15 bits per heavy atom. The van der Waals surface area contributed by atoms with Gasteiger partial charge in [-0.25, -0.2) is 0 Å². The molecule has 2 N–H and O–H groups in total. The van der Waals surface area contributed by atoms with Gasteiger partial charge >= 0.3 is 0 Å². The smallest absolute Gasteiger partial charge is 0.191 e. The number of unbranched alkanes of at least 4 members (excludes halogenated alkanes) is 1. The molecule has 0 aromatic heterocycles. The summed E-state index contributed by atoms with van der Waals surface area (Å²) in [6.45, 7) is 7.64. The maximum atomic E-state index is 5.33. The van der Waals surface area contributed by atoms with E-state index in [4.69, 9.17) is 4.74 Å². The van der Waals surface area contributed by atoms with Crippen LogP contribution < -0.4 is 10.6 Å². The summed E-state index contributed by atoms with van der Waals surface area (Å²) in [4.78, 5) is 4.64. The molecule has 0 amide bonds. The first-order valence-electron chi connectivity index (χ1n) is 7.99. The minimum absolute atomic E-state index is 0. The van der Waals surface area contributed by atoms with Crippen LogP contribution in [0.3, 0.4) is 0 Å². The Labute approximate surface area is 141 Å². The highest BCUT2D eigenvalue weighted by atomic mass is 127. The van der Waals surface area contributed by atoms with Crippen molar-refractivity contribution in [3.63, 3.8) is 0 Å². The monoisotopic (exact) mass is 397 g/mol. The number of guanidine groups is 1. The van der Waals surface area contributed by atoms with Crippen molar-refractivity contribution in [2.45, 2.75) is 64.8 Å². The third kappa shape index (κ3) is 9.80. The van der Waals surface area contributed by atoms with E-state index < -0.39 is 0 Å². The van der Waals surface area contributed by atoms with Crippen LogP contribution in [0.5, 0.6) is 0 Å². The molecule has 0 aliphatic heterocycles. The van der Waals surface area contributed by atoms with Crippen molar-refractivity contribution >= 4 is 29.9 Å². The van der Waals surface area contributed by atoms with Crippen molar-refractivity contribution in [2.24, 2.45) is 4.99 Å². The van der Waals surface area contributed by atoms with E-state index >= 15 is 0 Å². The second-order valence-corrected chi connectivity index (χ2v) is 5.14. The lowest BCUT2D eigenvalue weighted by molar-refractivity contribution is 0.144. The van der Waals surface area contributed by atoms with Gasteiger partial charge in [0.2, 0.25) is 0 Å². The molecule has 4 nitrogen and oxygen atoms in total. The Balaban J connectivity index is 0.00000361. The van der Waals surface area contributed by atoms with Crippen LogP contribution >= 0.6 is 24.0 Å². The zero-order valence-corrected chi connectivity index (χ0v) is 15.4. The predicted octanol–water partition coefficient (Wildman–Crippen LogP) is 3.31. The van der Waals surface area contributed by atoms with Gasteiger partial charge in [-0.05, 0) is 39.5 Å². The Morgan fingerprint density at radius 3 is 2.55 bits per heavy atom. The fourth-order valence-electron chi connectivity index (χ4n) is 2.41. The van der Waals surface area contributed by atoms with Crippen molar-refractivity contribution in [1.82, 2.24) is 10.6 Å². The highest BCUT2D eigenvalue weighted by molar-refractivity contribution is 14.0. The van der Waals surface area contributed by atoms with Crippen LogP contribution in [0, 0.1) is 0 Å². The molecule has 0 unspecified atom stereocenters. The Morgan fingerprint density at radius 2 is 1.90 bits per heavy atom. The van der Waals surface area contributed by atoms with Crippen LogP contribution in [-0.4, -0.2) is 38.3 Å². The summed E-state index contributed by atoms with van der Waals surface area (Å²) in [6, 6.07) is 0.620. The van der Waals surface area contributed by atoms with E-state index in [2.05, 4.69) is 22.5 Å². The maximum absolute atomic E-state index is 5.33. The highest BCUT2D eigenvalue weighted by Gasteiger charge is 2.14. The number of aliphatic imine (C=N–C) groups is 1. The van der Waals surface area contributed by atoms with Gasteiger partial charge in [0, 0.05) is 32.3 Å². The van der Waals surface area contributed by atoms with Gasteiger partial charge in [-0.2, -0.15) is 0 Å². The molecule has 0 aromatic carbocycles. The lowest BCUT2D eigenvalue weighted by atomic mass is 9.96. The molecule has 1 aliphatic carbocycles. The van der Waals surface area contributed by atoms with Crippen LogP contribution in [0.4, 0.5) is 0 Å². The van der Waals surface area contributed by atoms with Crippen LogP contribution in [0.15, 0.2) is 4.99 Å². The van der Waals surface area contributed by atoms with Crippen LogP contribution in [0.25, 0.3) is 0 Å². The SMILES string of the molecule is CCNC(=NCCCCOCC)NC1CCCCC1.I. The van der Waals surface area contributed by atoms with Gasteiger partial charge in [0.1, 0.15) is 0 Å². The van der Waals surface area contributed by atoms with Crippen LogP contribution in [-0.2, 0) is 4.74 Å². The van der Waals surface area contributed by atoms with E-state index in [-0.39, 0.29) is 24.0 Å². The van der Waals surface area contributed by atoms with E-state index in [1.165, 1.54) is 32.1 Å². The number of hydrogen-bond acceptors (Lipinski definition) is 2. The quantitative estimate of drug-likeness (QED) is 0.286. The number of nitrogens with zero attached hydrogens (tertiary/aromatic N) is 1. The molecule has 0 bridgehead atoms. The van der Waals surface area contributed by atoms with Gasteiger partial charge in [-0.1, -0.05) is 19.3 Å². The van der Waals surface area contributed by atoms with Crippen molar-refractivity contribution < 1.29 is 4.74 Å². The normalized spacial score (nSPS) is 16.6. The van der Waals surface area contributed by atoms with Gasteiger partial charge in [-0.15, -0.1) is 24.0 Å². The van der Waals surface area contributed by atoms with E-state index in [1.54, 1.807) is 0 Å². The summed E-state index contributed by atoms with van der Waals surface area (Å²) >= 11 is 0. The summed E-state index contributed by atoms with van der Waals surface area (Å²) in [5.74, 6) is 0.991. The fraction of sp³-hybridized carbons (Fsp3) is 0.933. The minimum atomic E-state index is 0. The largest absolute Gasteiger partial charge is 0.382 e. The van der Waals surface area contributed by atoms with Crippen LogP contribution in [0.2, 0.25) is 0 Å². The average Bonchev–Trinajstić information content (AvgIpc) is 2.44. The van der Waals surface area contributed by atoms with Gasteiger partial charge in [0.15, 0.2) is 5.96 Å². The number of ether oxygens (including phenoxy) is 1. The number of hydrogen-bond donors (Lipinski definition) is 2. The van der Waals surface area contributed by atoms with Crippen molar-refractivity contribution in [3.8, 4) is 0 Å². The third-order valence-corrected chi connectivity index (χ3v) is 3.46. The predicted molar refractivity (Wildman–Crippen MR) is 97.1 cm³/mol. The Hall–Kier alpha value is -0.0400. The lowest BCUT2D eigenvalue weighted by Crippen LogP contribution is -2.44. The van der Waals surface area contributed by atoms with Crippen molar-refractivity contribution in [3.05, 3.63) is 0 Å². The van der Waals surface area contributed by atoms with E-state index in [9.17, 15) is 0 Å². The number of halogens is 1. The topological polar surface area (TPSA) is 45.7 Å². The number of nitrogens with one attached hydrogen (secondary N) is 2. The lowest BCUT2D eigenvalue weighted by Gasteiger charge is -2.24. The molecule has 0 saturated heterocycles. The first kappa shape index (κ1) is 20.0. The molecule has 20 heavy (non-hydrogen) atoms. The zero-order chi connectivity index (χ0) is 13.8. The maximum Gasteiger partial charge on any atom is 0.191 e. The Bertz CT molecular complexity index is 243. The molecule has 0 aromatic rings. The fourth-order valence-corrected chi connectivity index (χ4v) is 2.41. The zero-order valence-electron chi connectivity index (χ0n) is 13.1. The second-order valence-electron chi connectivity index (χ2n) is 5.14. The molecule has 0 spiro atoms. The summed E-state index contributed by atoms with van der Waals surface area (Å²) in [5.41, 5.74) is 0. The third-order valence-electron chi connectivity index (χ3n) is 3.46. The highest BCUT2D eigenvalue weighted by Crippen LogP contribution is 2.17. The molecule has 1 aliphatic rings. The molecular weight excluding hydrogens is 365 g/mol. The van der Waals surface area contributed by atoms with Crippen molar-refractivity contribution in [1.29, 1.82) is 0 Å². The van der Waals surface area contributed by atoms with Gasteiger partial charge in [-0.3, -0.25) is 4.99 Å². The first-order chi connectivity index (χ1) is 9.36. The molecule has 5 heteroatoms. The van der Waals surface area contributed by atoms with E-state index in [1.807, 2.05) is 6.92 Å². The molecular formula is C15H32IN3O. The standard InChI is InChI=1S/C15H31N3O.HI/c1-3-16-15(17-12-8-9-13-19-4-2)18-14-10-6-5-7-11-14;/h14H,3-13H2,1-2H3,(H2,16,17,18);1H. The molecule has 120 valence electrons. The first-order valence-corrected chi connectivity index (χ1v) is 7.99. The summed E-state index contributed by atoms with van der Waals surface area (Å²) in [6.07, 6.45) is 8.87. The second kappa shape index (κ2) is 13.9. The van der Waals surface area contributed by atoms with Crippen molar-refractivity contribution in [2.75, 3.05) is 26.3 Å². The molecule has 1 saturated carbocycles. The Kier molecular flexibility index (Phi) is 13.9. The average molecular weight is 397 g/mol. The number of rotatable bonds is 8. The van der Waals surface area contributed by atoms with Gasteiger partial charge in [0.05, 0.1) is 0 Å². The minimum Gasteiger partial charge on any atom is -0.382 e. The van der Waals surface area contributed by atoms with Gasteiger partial charge < -0.3 is 15.4 Å². The van der Waals surface area contributed by atoms with E-state index in [0.29, 0.717) is 6.04 Å². The van der Waals surface area contributed by atoms with Gasteiger partial charge in [0.25, 0.3) is 0 Å². The molecule has 1 rings (SSSR count). The summed E-state index contributed by atoms with van der Waals surface area (Å²) in [7, 11) is 0. The van der Waals surface area contributed by atoms with Crippen LogP contribution in [0.1, 0.15) is 58.8 Å². The molecule has 0 radical (unpaired) electrons. The molecule has 1 fully saturated rings. The van der Waals surface area contributed by atoms with E-state index in [0.717, 1.165) is 45.1 Å². The molecule has 0 atom stereocenters. The summed E-state index contributed by atoms with van der Waals surface area (Å²) in [5, 5.41) is 6.91.